The van der Waals surface area contributed by atoms with Crippen LogP contribution in [-0.2, 0) is 16.0 Å². The number of hydrogen-bond donors (Lipinski definition) is 0. The Hall–Kier alpha value is -0.750. The molecule has 0 spiro atoms. The number of hydrogen-bond acceptors (Lipinski definition) is 3. The van der Waals surface area contributed by atoms with Gasteiger partial charge >= 0.3 is 5.97 Å². The van der Waals surface area contributed by atoms with Crippen LogP contribution in [0.2, 0.25) is 5.02 Å². The molecule has 16 heavy (non-hydrogen) atoms. The molecular weight excluding hydrogens is 307 g/mol. The van der Waals surface area contributed by atoms with Crippen molar-refractivity contribution < 1.29 is 18.3 Å². The van der Waals surface area contributed by atoms with Crippen LogP contribution in [0.3, 0.4) is 0 Å². The van der Waals surface area contributed by atoms with Crippen molar-refractivity contribution in [3.63, 3.8) is 0 Å². The Kier molecular flexibility index (Phi) is 4.61. The molecule has 0 unspecified atom stereocenters. The molecule has 0 bridgehead atoms. The first kappa shape index (κ1) is 13.3. The summed E-state index contributed by atoms with van der Waals surface area (Å²) in [6.07, 6.45) is -1.88. The first-order valence-electron chi connectivity index (χ1n) is 4.15. The van der Waals surface area contributed by atoms with Crippen LogP contribution in [-0.4, -0.2) is 18.1 Å². The van der Waals surface area contributed by atoms with E-state index in [0.29, 0.717) is 0 Å². The van der Waals surface area contributed by atoms with Crippen LogP contribution in [0.4, 0.5) is 8.78 Å². The molecule has 0 saturated carbocycles. The highest BCUT2D eigenvalue weighted by molar-refractivity contribution is 9.10. The van der Waals surface area contributed by atoms with E-state index >= 15 is 0 Å². The number of halogens is 4. The highest BCUT2D eigenvalue weighted by atomic mass is 79.9. The zero-order valence-electron chi connectivity index (χ0n) is 8.14. The average Bonchev–Trinajstić information content (AvgIpc) is 2.24. The van der Waals surface area contributed by atoms with Crippen LogP contribution in [0.5, 0.6) is 0 Å². The van der Waals surface area contributed by atoms with Gasteiger partial charge in [-0.3, -0.25) is 9.78 Å². The van der Waals surface area contributed by atoms with Crippen LogP contribution in [0, 0.1) is 0 Å². The number of carbonyl (C=O) groups is 1. The van der Waals surface area contributed by atoms with Crippen LogP contribution in [0.15, 0.2) is 10.7 Å². The van der Waals surface area contributed by atoms with Gasteiger partial charge in [-0.2, -0.15) is 0 Å². The minimum absolute atomic E-state index is 0.125. The zero-order chi connectivity index (χ0) is 12.3. The van der Waals surface area contributed by atoms with E-state index in [0.717, 1.165) is 6.20 Å². The van der Waals surface area contributed by atoms with Crippen molar-refractivity contribution in [2.75, 3.05) is 7.11 Å². The molecule has 7 heteroatoms. The van der Waals surface area contributed by atoms with E-state index in [9.17, 15) is 13.6 Å². The number of esters is 1. The maximum atomic E-state index is 12.4. The number of carbonyl (C=O) groups excluding carboxylic acids is 1. The van der Waals surface area contributed by atoms with E-state index in [-0.39, 0.29) is 27.2 Å². The van der Waals surface area contributed by atoms with Gasteiger partial charge in [0.1, 0.15) is 0 Å². The van der Waals surface area contributed by atoms with Crippen molar-refractivity contribution in [3.8, 4) is 0 Å². The van der Waals surface area contributed by atoms with E-state index in [1.165, 1.54) is 7.11 Å². The van der Waals surface area contributed by atoms with Gasteiger partial charge in [0.25, 0.3) is 6.43 Å². The summed E-state index contributed by atoms with van der Waals surface area (Å²) in [5, 5.41) is -0.135. The standard InChI is InChI=1S/C9H7BrClF2NO2/c1-16-6(15)2-5-7(10)8(11)4(3-14-5)9(12)13/h3,9H,2H2,1H3. The van der Waals surface area contributed by atoms with E-state index in [1.54, 1.807) is 0 Å². The van der Waals surface area contributed by atoms with Crippen molar-refractivity contribution in [2.24, 2.45) is 0 Å². The fourth-order valence-corrected chi connectivity index (χ4v) is 1.71. The lowest BCUT2D eigenvalue weighted by atomic mass is 10.2. The Morgan fingerprint density at radius 2 is 2.31 bits per heavy atom. The molecule has 0 atom stereocenters. The van der Waals surface area contributed by atoms with Gasteiger partial charge in [-0.1, -0.05) is 11.6 Å². The lowest BCUT2D eigenvalue weighted by Gasteiger charge is -2.08. The topological polar surface area (TPSA) is 39.2 Å². The molecule has 0 fully saturated rings. The van der Waals surface area contributed by atoms with Crippen molar-refractivity contribution in [1.82, 2.24) is 4.98 Å². The lowest BCUT2D eigenvalue weighted by molar-refractivity contribution is -0.139. The summed E-state index contributed by atoms with van der Waals surface area (Å²) < 4.78 is 29.5. The molecule has 0 aromatic carbocycles. The number of methoxy groups -OCH3 is 1. The molecule has 0 saturated heterocycles. The quantitative estimate of drug-likeness (QED) is 0.805. The van der Waals surface area contributed by atoms with Gasteiger partial charge in [-0.05, 0) is 15.9 Å². The summed E-state index contributed by atoms with van der Waals surface area (Å²) in [5.41, 5.74) is -0.108. The minimum atomic E-state index is -2.71. The minimum Gasteiger partial charge on any atom is -0.469 e. The van der Waals surface area contributed by atoms with Gasteiger partial charge in [-0.25, -0.2) is 8.78 Å². The van der Waals surface area contributed by atoms with Crippen molar-refractivity contribution in [1.29, 1.82) is 0 Å². The van der Waals surface area contributed by atoms with Crippen LogP contribution in [0.25, 0.3) is 0 Å². The van der Waals surface area contributed by atoms with E-state index in [2.05, 4.69) is 25.7 Å². The van der Waals surface area contributed by atoms with Gasteiger partial charge < -0.3 is 4.74 Å². The first-order valence-corrected chi connectivity index (χ1v) is 5.32. The van der Waals surface area contributed by atoms with Crippen molar-refractivity contribution in [2.45, 2.75) is 12.8 Å². The number of nitrogens with zero attached hydrogens (tertiary/aromatic N) is 1. The van der Waals surface area contributed by atoms with E-state index in [4.69, 9.17) is 11.6 Å². The largest absolute Gasteiger partial charge is 0.469 e. The molecule has 1 aromatic rings. The molecule has 88 valence electrons. The highest BCUT2D eigenvalue weighted by Gasteiger charge is 2.19. The Labute approximate surface area is 104 Å². The molecule has 0 aliphatic rings. The van der Waals surface area contributed by atoms with Crippen LogP contribution >= 0.6 is 27.5 Å². The SMILES string of the molecule is COC(=O)Cc1ncc(C(F)F)c(Cl)c1Br. The van der Waals surface area contributed by atoms with Gasteiger partial charge in [0.2, 0.25) is 0 Å². The summed E-state index contributed by atoms with van der Waals surface area (Å²) in [6.45, 7) is 0. The van der Waals surface area contributed by atoms with Gasteiger partial charge in [0.05, 0.1) is 34.3 Å². The molecule has 0 aliphatic carbocycles. The molecule has 3 nitrogen and oxygen atoms in total. The number of alkyl halides is 2. The second kappa shape index (κ2) is 5.54. The van der Waals surface area contributed by atoms with Gasteiger partial charge in [-0.15, -0.1) is 0 Å². The molecule has 1 rings (SSSR count). The maximum Gasteiger partial charge on any atom is 0.311 e. The maximum absolute atomic E-state index is 12.4. The smallest absolute Gasteiger partial charge is 0.311 e. The summed E-state index contributed by atoms with van der Waals surface area (Å²) in [4.78, 5) is 14.7. The molecule has 0 aliphatic heterocycles. The van der Waals surface area contributed by atoms with E-state index in [1.807, 2.05) is 0 Å². The fourth-order valence-electron chi connectivity index (χ4n) is 0.998. The summed E-state index contributed by atoms with van der Waals surface area (Å²) >= 11 is 8.72. The summed E-state index contributed by atoms with van der Waals surface area (Å²) in [5.74, 6) is -0.519. The third-order valence-electron chi connectivity index (χ3n) is 1.83. The van der Waals surface area contributed by atoms with Crippen molar-refractivity contribution >= 4 is 33.5 Å². The van der Waals surface area contributed by atoms with Crippen LogP contribution in [0.1, 0.15) is 17.7 Å². The first-order chi connectivity index (χ1) is 7.47. The Balaban J connectivity index is 3.07. The lowest BCUT2D eigenvalue weighted by Crippen LogP contribution is -2.07. The molecular formula is C9H7BrClF2NO2. The predicted molar refractivity (Wildman–Crippen MR) is 57.6 cm³/mol. The number of ether oxygens (including phenoxy) is 1. The normalized spacial score (nSPS) is 10.6. The molecule has 1 aromatic heterocycles. The number of pyridine rings is 1. The zero-order valence-corrected chi connectivity index (χ0v) is 10.5. The molecule has 0 radical (unpaired) electrons. The van der Waals surface area contributed by atoms with E-state index < -0.39 is 12.4 Å². The average molecular weight is 315 g/mol. The second-order valence-electron chi connectivity index (χ2n) is 2.84. The second-order valence-corrected chi connectivity index (χ2v) is 4.01. The Bertz CT molecular complexity index is 415. The number of aromatic nitrogens is 1. The predicted octanol–water partition coefficient (Wildman–Crippen LogP) is 3.15. The Morgan fingerprint density at radius 1 is 1.69 bits per heavy atom. The van der Waals surface area contributed by atoms with Gasteiger partial charge in [0, 0.05) is 6.20 Å². The summed E-state index contributed by atoms with van der Waals surface area (Å²) in [6, 6.07) is 0. The molecule has 0 amide bonds. The molecule has 0 N–H and O–H groups in total. The highest BCUT2D eigenvalue weighted by Crippen LogP contribution is 2.34. The number of rotatable bonds is 3. The third kappa shape index (κ3) is 2.89. The molecule has 1 heterocycles. The monoisotopic (exact) mass is 313 g/mol. The van der Waals surface area contributed by atoms with Crippen molar-refractivity contribution in [3.05, 3.63) is 26.9 Å². The fraction of sp³-hybridized carbons (Fsp3) is 0.333. The summed E-state index contributed by atoms with van der Waals surface area (Å²) in [7, 11) is 1.23. The Morgan fingerprint density at radius 3 is 2.81 bits per heavy atom. The third-order valence-corrected chi connectivity index (χ3v) is 3.32. The van der Waals surface area contributed by atoms with Gasteiger partial charge in [0.15, 0.2) is 0 Å². The van der Waals surface area contributed by atoms with Crippen LogP contribution < -0.4 is 0 Å².